The molecule has 0 aromatic carbocycles. The first-order valence-electron chi connectivity index (χ1n) is 10.6. The molecule has 0 aliphatic carbocycles. The fraction of sp³-hybridized carbons (Fsp3) is 0.905. The molecule has 0 saturated carbocycles. The zero-order chi connectivity index (χ0) is 20.0. The molecule has 2 unspecified atom stereocenters. The van der Waals surface area contributed by atoms with Gasteiger partial charge in [-0.3, -0.25) is 9.69 Å². The van der Waals surface area contributed by atoms with Crippen LogP contribution >= 0.6 is 0 Å². The Hall–Kier alpha value is -1.30. The molecule has 0 radical (unpaired) electrons. The maximum Gasteiger partial charge on any atom is 0.410 e. The van der Waals surface area contributed by atoms with Crippen LogP contribution in [0, 0.1) is 5.92 Å². The Morgan fingerprint density at radius 1 is 1.07 bits per heavy atom. The molecule has 156 valence electrons. The molecular formula is C21H39N3O3. The number of carbonyl (C=O) groups is 2. The third-order valence-corrected chi connectivity index (χ3v) is 5.61. The van der Waals surface area contributed by atoms with Crippen LogP contribution in [0.1, 0.15) is 66.2 Å². The molecule has 2 saturated heterocycles. The van der Waals surface area contributed by atoms with E-state index in [1.807, 2.05) is 25.7 Å². The first-order valence-corrected chi connectivity index (χ1v) is 10.6. The van der Waals surface area contributed by atoms with Crippen molar-refractivity contribution in [2.75, 3.05) is 39.8 Å². The van der Waals surface area contributed by atoms with Crippen molar-refractivity contribution >= 4 is 12.0 Å². The number of hydrogen-bond donors (Lipinski definition) is 0. The molecule has 2 heterocycles. The van der Waals surface area contributed by atoms with Crippen LogP contribution in [-0.4, -0.2) is 78.1 Å². The van der Waals surface area contributed by atoms with Gasteiger partial charge in [-0.25, -0.2) is 4.79 Å². The van der Waals surface area contributed by atoms with E-state index in [1.54, 1.807) is 11.9 Å². The second kappa shape index (κ2) is 9.76. The first kappa shape index (κ1) is 22.0. The Bertz CT molecular complexity index is 495. The number of likely N-dealkylation sites (tertiary alicyclic amines) is 2. The normalized spacial score (nSPS) is 23.4. The van der Waals surface area contributed by atoms with Crippen molar-refractivity contribution in [2.45, 2.75) is 77.9 Å². The predicted octanol–water partition coefficient (Wildman–Crippen LogP) is 3.36. The molecule has 2 amide bonds. The van der Waals surface area contributed by atoms with E-state index in [9.17, 15) is 9.59 Å². The maximum atomic E-state index is 13.0. The van der Waals surface area contributed by atoms with Gasteiger partial charge in [0.05, 0.1) is 6.04 Å². The SMILES string of the molecule is CC(C(=O)N1CCCC(CN(C)C(=O)OC(C)(C)C)C1)N1CCCCCC1. The summed E-state index contributed by atoms with van der Waals surface area (Å²) in [4.78, 5) is 31.3. The lowest BCUT2D eigenvalue weighted by molar-refractivity contribution is -0.138. The van der Waals surface area contributed by atoms with E-state index >= 15 is 0 Å². The molecule has 6 heteroatoms. The quantitative estimate of drug-likeness (QED) is 0.749. The molecule has 0 N–H and O–H groups in total. The van der Waals surface area contributed by atoms with Crippen molar-refractivity contribution in [3.05, 3.63) is 0 Å². The molecule has 0 spiro atoms. The van der Waals surface area contributed by atoms with Crippen molar-refractivity contribution in [1.82, 2.24) is 14.7 Å². The average molecular weight is 382 g/mol. The summed E-state index contributed by atoms with van der Waals surface area (Å²) in [6, 6.07) is -0.0366. The lowest BCUT2D eigenvalue weighted by Crippen LogP contribution is -2.51. The molecule has 2 aliphatic heterocycles. The van der Waals surface area contributed by atoms with Crippen molar-refractivity contribution in [3.63, 3.8) is 0 Å². The number of ether oxygens (including phenoxy) is 1. The van der Waals surface area contributed by atoms with E-state index < -0.39 is 5.60 Å². The van der Waals surface area contributed by atoms with Crippen molar-refractivity contribution in [1.29, 1.82) is 0 Å². The highest BCUT2D eigenvalue weighted by Gasteiger charge is 2.31. The fourth-order valence-corrected chi connectivity index (χ4v) is 4.12. The highest BCUT2D eigenvalue weighted by atomic mass is 16.6. The number of hydrogen-bond acceptors (Lipinski definition) is 4. The van der Waals surface area contributed by atoms with Gasteiger partial charge in [0.2, 0.25) is 5.91 Å². The van der Waals surface area contributed by atoms with Crippen LogP contribution in [0.2, 0.25) is 0 Å². The standard InChI is InChI=1S/C21H39N3O3/c1-17(23-12-8-6-7-9-13-23)19(25)24-14-10-11-18(16-24)15-22(5)20(26)27-21(2,3)4/h17-18H,6-16H2,1-5H3. The second-order valence-corrected chi connectivity index (χ2v) is 9.28. The smallest absolute Gasteiger partial charge is 0.410 e. The highest BCUT2D eigenvalue weighted by molar-refractivity contribution is 5.81. The second-order valence-electron chi connectivity index (χ2n) is 9.28. The summed E-state index contributed by atoms with van der Waals surface area (Å²) >= 11 is 0. The third-order valence-electron chi connectivity index (χ3n) is 5.61. The Labute approximate surface area is 165 Å². The third kappa shape index (κ3) is 6.98. The van der Waals surface area contributed by atoms with Gasteiger partial charge in [0.25, 0.3) is 0 Å². The van der Waals surface area contributed by atoms with E-state index in [0.29, 0.717) is 12.5 Å². The summed E-state index contributed by atoms with van der Waals surface area (Å²) in [5.74, 6) is 0.568. The van der Waals surface area contributed by atoms with Crippen molar-refractivity contribution < 1.29 is 14.3 Å². The molecule has 27 heavy (non-hydrogen) atoms. The van der Waals surface area contributed by atoms with Gasteiger partial charge in [-0.2, -0.15) is 0 Å². The molecule has 0 aromatic rings. The highest BCUT2D eigenvalue weighted by Crippen LogP contribution is 2.21. The zero-order valence-electron chi connectivity index (χ0n) is 18.0. The topological polar surface area (TPSA) is 53.1 Å². The van der Waals surface area contributed by atoms with E-state index in [0.717, 1.165) is 39.0 Å². The van der Waals surface area contributed by atoms with Gasteiger partial charge in [0.15, 0.2) is 0 Å². The average Bonchev–Trinajstić information content (AvgIpc) is 2.88. The first-order chi connectivity index (χ1) is 12.7. The van der Waals surface area contributed by atoms with Crippen molar-refractivity contribution in [3.8, 4) is 0 Å². The number of carbonyl (C=O) groups excluding carboxylic acids is 2. The lowest BCUT2D eigenvalue weighted by Gasteiger charge is -2.38. The van der Waals surface area contributed by atoms with E-state index in [1.165, 1.54) is 25.7 Å². The molecule has 2 atom stereocenters. The van der Waals surface area contributed by atoms with Crippen LogP contribution in [0.5, 0.6) is 0 Å². The van der Waals surface area contributed by atoms with Crippen LogP contribution in [0.15, 0.2) is 0 Å². The number of piperidine rings is 1. The van der Waals surface area contributed by atoms with Gasteiger partial charge in [-0.1, -0.05) is 12.8 Å². The van der Waals surface area contributed by atoms with Gasteiger partial charge in [-0.15, -0.1) is 0 Å². The summed E-state index contributed by atoms with van der Waals surface area (Å²) in [5.41, 5.74) is -0.484. The van der Waals surface area contributed by atoms with Gasteiger partial charge < -0.3 is 14.5 Å². The monoisotopic (exact) mass is 381 g/mol. The van der Waals surface area contributed by atoms with Gasteiger partial charge >= 0.3 is 6.09 Å². The Kier molecular flexibility index (Phi) is 7.95. The molecule has 6 nitrogen and oxygen atoms in total. The minimum absolute atomic E-state index is 0.0366. The largest absolute Gasteiger partial charge is 0.444 e. The lowest BCUT2D eigenvalue weighted by atomic mass is 9.97. The number of rotatable bonds is 4. The maximum absolute atomic E-state index is 13.0. The number of nitrogens with zero attached hydrogens (tertiary/aromatic N) is 3. The zero-order valence-corrected chi connectivity index (χ0v) is 18.0. The fourth-order valence-electron chi connectivity index (χ4n) is 4.12. The minimum atomic E-state index is -0.484. The van der Waals surface area contributed by atoms with Crippen LogP contribution in [-0.2, 0) is 9.53 Å². The summed E-state index contributed by atoms with van der Waals surface area (Å²) < 4.78 is 5.44. The van der Waals surface area contributed by atoms with E-state index in [2.05, 4.69) is 11.8 Å². The molecule has 0 bridgehead atoms. The molecular weight excluding hydrogens is 342 g/mol. The summed E-state index contributed by atoms with van der Waals surface area (Å²) in [7, 11) is 1.79. The summed E-state index contributed by atoms with van der Waals surface area (Å²) in [6.45, 7) is 12.0. The molecule has 2 aliphatic rings. The summed E-state index contributed by atoms with van der Waals surface area (Å²) in [5, 5.41) is 0. The Balaban J connectivity index is 1.87. The van der Waals surface area contributed by atoms with E-state index in [4.69, 9.17) is 4.74 Å². The van der Waals surface area contributed by atoms with Crippen LogP contribution in [0.25, 0.3) is 0 Å². The van der Waals surface area contributed by atoms with Crippen LogP contribution in [0.3, 0.4) is 0 Å². The molecule has 2 fully saturated rings. The summed E-state index contributed by atoms with van der Waals surface area (Å²) in [6.07, 6.45) is 6.71. The van der Waals surface area contributed by atoms with Crippen LogP contribution in [0.4, 0.5) is 4.79 Å². The Morgan fingerprint density at radius 3 is 2.30 bits per heavy atom. The van der Waals surface area contributed by atoms with Crippen molar-refractivity contribution in [2.24, 2.45) is 5.92 Å². The van der Waals surface area contributed by atoms with Gasteiger partial charge in [0, 0.05) is 26.7 Å². The number of amides is 2. The molecule has 0 aromatic heterocycles. The van der Waals surface area contributed by atoms with Gasteiger partial charge in [0.1, 0.15) is 5.60 Å². The Morgan fingerprint density at radius 2 is 1.70 bits per heavy atom. The minimum Gasteiger partial charge on any atom is -0.444 e. The van der Waals surface area contributed by atoms with Crippen LogP contribution < -0.4 is 0 Å². The van der Waals surface area contributed by atoms with E-state index in [-0.39, 0.29) is 18.0 Å². The van der Waals surface area contributed by atoms with Gasteiger partial charge in [-0.05, 0) is 72.4 Å². The predicted molar refractivity (Wildman–Crippen MR) is 108 cm³/mol. The molecule has 2 rings (SSSR count).